The summed E-state index contributed by atoms with van der Waals surface area (Å²) in [5, 5.41) is 6.92. The predicted octanol–water partition coefficient (Wildman–Crippen LogP) is 3.25. The Labute approximate surface area is 111 Å². The van der Waals surface area contributed by atoms with Gasteiger partial charge in [0.25, 0.3) is 0 Å². The topological polar surface area (TPSA) is 43.8 Å². The molecule has 86 valence electrons. The monoisotopic (exact) mass is 319 g/mol. The molecule has 0 bridgehead atoms. The summed E-state index contributed by atoms with van der Waals surface area (Å²) >= 11 is 11.2. The van der Waals surface area contributed by atoms with Crippen LogP contribution in [0.3, 0.4) is 0 Å². The van der Waals surface area contributed by atoms with Crippen LogP contribution in [0, 0.1) is 6.92 Å². The smallest absolute Gasteiger partial charge is 0.0843 e. The van der Waals surface area contributed by atoms with Crippen molar-refractivity contribution in [2.45, 2.75) is 13.0 Å². The van der Waals surface area contributed by atoms with Gasteiger partial charge < -0.3 is 5.73 Å². The Morgan fingerprint density at radius 3 is 2.75 bits per heavy atom. The van der Waals surface area contributed by atoms with Crippen molar-refractivity contribution in [2.75, 3.05) is 0 Å². The lowest BCUT2D eigenvalue weighted by Crippen LogP contribution is -2.15. The number of halogens is 2. The normalized spacial score (nSPS) is 13.1. The molecule has 2 N–H and O–H groups in total. The molecule has 16 heavy (non-hydrogen) atoms. The van der Waals surface area contributed by atoms with E-state index in [0.717, 1.165) is 25.6 Å². The average Bonchev–Trinajstić information content (AvgIpc) is 2.73. The fraction of sp³-hybridized carbons (Fsp3) is 0.300. The van der Waals surface area contributed by atoms with Gasteiger partial charge in [-0.05, 0) is 33.8 Å². The Kier molecular flexibility index (Phi) is 3.39. The molecule has 0 aliphatic carbocycles. The van der Waals surface area contributed by atoms with E-state index >= 15 is 0 Å². The summed E-state index contributed by atoms with van der Waals surface area (Å²) in [6.07, 6.45) is 1.74. The molecular weight excluding hydrogens is 310 g/mol. The SMILES string of the molecule is Cc1csc(C(N)c2c(Br)cnn2C)c1Cl. The number of aromatic nitrogens is 2. The minimum atomic E-state index is -0.243. The molecular formula is C10H11BrClN3S. The molecule has 1 unspecified atom stereocenters. The standard InChI is InChI=1S/C10H11BrClN3S/c1-5-4-16-10(7(5)12)8(13)9-6(11)3-14-15(9)2/h3-4,8H,13H2,1-2H3. The van der Waals surface area contributed by atoms with Crippen molar-refractivity contribution < 1.29 is 0 Å². The molecule has 2 aromatic rings. The molecule has 0 aliphatic heterocycles. The van der Waals surface area contributed by atoms with Crippen molar-refractivity contribution in [3.05, 3.63) is 37.2 Å². The first-order valence-corrected chi connectivity index (χ1v) is 6.74. The summed E-state index contributed by atoms with van der Waals surface area (Å²) in [5.74, 6) is 0. The Bertz CT molecular complexity index is 501. The summed E-state index contributed by atoms with van der Waals surface area (Å²) in [5.41, 5.74) is 8.21. The number of rotatable bonds is 2. The maximum Gasteiger partial charge on any atom is 0.0843 e. The zero-order valence-electron chi connectivity index (χ0n) is 8.87. The summed E-state index contributed by atoms with van der Waals surface area (Å²) in [4.78, 5) is 0.975. The largest absolute Gasteiger partial charge is 0.318 e. The van der Waals surface area contributed by atoms with Gasteiger partial charge >= 0.3 is 0 Å². The van der Waals surface area contributed by atoms with E-state index in [1.807, 2.05) is 19.4 Å². The van der Waals surface area contributed by atoms with Crippen molar-refractivity contribution in [3.63, 3.8) is 0 Å². The predicted molar refractivity (Wildman–Crippen MR) is 71.0 cm³/mol. The maximum absolute atomic E-state index is 6.21. The molecule has 0 spiro atoms. The first-order valence-electron chi connectivity index (χ1n) is 4.68. The summed E-state index contributed by atoms with van der Waals surface area (Å²) < 4.78 is 2.67. The highest BCUT2D eigenvalue weighted by Gasteiger charge is 2.21. The lowest BCUT2D eigenvalue weighted by Gasteiger charge is -2.12. The third kappa shape index (κ3) is 1.93. The van der Waals surface area contributed by atoms with Crippen LogP contribution in [-0.4, -0.2) is 9.78 Å². The number of hydrogen-bond acceptors (Lipinski definition) is 3. The maximum atomic E-state index is 6.21. The van der Waals surface area contributed by atoms with Crippen LogP contribution in [-0.2, 0) is 7.05 Å². The first kappa shape index (κ1) is 12.1. The van der Waals surface area contributed by atoms with Gasteiger partial charge in [-0.15, -0.1) is 11.3 Å². The van der Waals surface area contributed by atoms with Gasteiger partial charge in [-0.3, -0.25) is 4.68 Å². The molecule has 2 aromatic heterocycles. The quantitative estimate of drug-likeness (QED) is 0.923. The van der Waals surface area contributed by atoms with E-state index in [-0.39, 0.29) is 6.04 Å². The number of thiophene rings is 1. The van der Waals surface area contributed by atoms with Crippen molar-refractivity contribution >= 4 is 38.9 Å². The van der Waals surface area contributed by atoms with E-state index in [2.05, 4.69) is 21.0 Å². The molecule has 6 heteroatoms. The molecule has 0 saturated heterocycles. The highest BCUT2D eigenvalue weighted by molar-refractivity contribution is 9.10. The van der Waals surface area contributed by atoms with Gasteiger partial charge in [-0.1, -0.05) is 11.6 Å². The van der Waals surface area contributed by atoms with Crippen LogP contribution in [0.1, 0.15) is 22.2 Å². The summed E-state index contributed by atoms with van der Waals surface area (Å²) in [6.45, 7) is 1.98. The molecule has 0 aromatic carbocycles. The molecule has 1 atom stereocenters. The van der Waals surface area contributed by atoms with Gasteiger partial charge in [-0.2, -0.15) is 5.10 Å². The van der Waals surface area contributed by atoms with E-state index in [0.29, 0.717) is 0 Å². The van der Waals surface area contributed by atoms with Crippen LogP contribution in [0.4, 0.5) is 0 Å². The van der Waals surface area contributed by atoms with E-state index in [9.17, 15) is 0 Å². The van der Waals surface area contributed by atoms with E-state index in [4.69, 9.17) is 17.3 Å². The van der Waals surface area contributed by atoms with Gasteiger partial charge in [0.05, 0.1) is 27.4 Å². The van der Waals surface area contributed by atoms with Crippen LogP contribution >= 0.6 is 38.9 Å². The van der Waals surface area contributed by atoms with E-state index in [1.165, 1.54) is 0 Å². The summed E-state index contributed by atoms with van der Waals surface area (Å²) in [6, 6.07) is -0.243. The van der Waals surface area contributed by atoms with Crippen molar-refractivity contribution in [1.29, 1.82) is 0 Å². The van der Waals surface area contributed by atoms with Crippen molar-refractivity contribution in [2.24, 2.45) is 12.8 Å². The fourth-order valence-electron chi connectivity index (χ4n) is 1.55. The first-order chi connectivity index (χ1) is 7.52. The lowest BCUT2D eigenvalue weighted by atomic mass is 10.1. The Morgan fingerprint density at radius 1 is 1.62 bits per heavy atom. The van der Waals surface area contributed by atoms with Crippen LogP contribution in [0.25, 0.3) is 0 Å². The molecule has 0 amide bonds. The molecule has 3 nitrogen and oxygen atoms in total. The number of aryl methyl sites for hydroxylation is 2. The van der Waals surface area contributed by atoms with Crippen LogP contribution in [0.2, 0.25) is 5.02 Å². The summed E-state index contributed by atoms with van der Waals surface area (Å²) in [7, 11) is 1.87. The Hall–Kier alpha value is -0.360. The zero-order chi connectivity index (χ0) is 11.9. The molecule has 0 saturated carbocycles. The van der Waals surface area contributed by atoms with Crippen molar-refractivity contribution in [3.8, 4) is 0 Å². The van der Waals surface area contributed by atoms with E-state index in [1.54, 1.807) is 22.2 Å². The Balaban J connectivity index is 2.47. The lowest BCUT2D eigenvalue weighted by molar-refractivity contribution is 0.676. The fourth-order valence-corrected chi connectivity index (χ4v) is 3.46. The highest BCUT2D eigenvalue weighted by atomic mass is 79.9. The van der Waals surface area contributed by atoms with Crippen LogP contribution < -0.4 is 5.73 Å². The number of hydrogen-bond donors (Lipinski definition) is 1. The zero-order valence-corrected chi connectivity index (χ0v) is 12.0. The van der Waals surface area contributed by atoms with E-state index < -0.39 is 0 Å². The van der Waals surface area contributed by atoms with Crippen LogP contribution in [0.5, 0.6) is 0 Å². The second-order valence-electron chi connectivity index (χ2n) is 3.58. The third-order valence-corrected chi connectivity index (χ3v) is 4.85. The molecule has 2 rings (SSSR count). The molecule has 0 fully saturated rings. The van der Waals surface area contributed by atoms with Gasteiger partial charge in [-0.25, -0.2) is 0 Å². The molecule has 0 radical (unpaired) electrons. The number of nitrogens with two attached hydrogens (primary N) is 1. The minimum absolute atomic E-state index is 0.243. The van der Waals surface area contributed by atoms with Gasteiger partial charge in [0.15, 0.2) is 0 Å². The highest BCUT2D eigenvalue weighted by Crippen LogP contribution is 2.36. The third-order valence-electron chi connectivity index (χ3n) is 2.44. The van der Waals surface area contributed by atoms with Crippen LogP contribution in [0.15, 0.2) is 16.0 Å². The average molecular weight is 321 g/mol. The number of nitrogens with zero attached hydrogens (tertiary/aromatic N) is 2. The second kappa shape index (κ2) is 4.49. The van der Waals surface area contributed by atoms with Gasteiger partial charge in [0, 0.05) is 11.9 Å². The molecule has 2 heterocycles. The minimum Gasteiger partial charge on any atom is -0.318 e. The molecule has 0 aliphatic rings. The second-order valence-corrected chi connectivity index (χ2v) is 5.72. The van der Waals surface area contributed by atoms with Gasteiger partial charge in [0.2, 0.25) is 0 Å². The van der Waals surface area contributed by atoms with Gasteiger partial charge in [0.1, 0.15) is 0 Å². The Morgan fingerprint density at radius 2 is 2.31 bits per heavy atom. The van der Waals surface area contributed by atoms with Crippen molar-refractivity contribution in [1.82, 2.24) is 9.78 Å².